The predicted octanol–water partition coefficient (Wildman–Crippen LogP) is 4.03. The molecule has 2 amide bonds. The number of amides is 2. The summed E-state index contributed by atoms with van der Waals surface area (Å²) in [4.78, 5) is 42.3. The summed E-state index contributed by atoms with van der Waals surface area (Å²) in [6.07, 6.45) is 4.10. The number of hydrogen-bond acceptors (Lipinski definition) is 6. The van der Waals surface area contributed by atoms with Crippen LogP contribution in [0, 0.1) is 0 Å². The van der Waals surface area contributed by atoms with Crippen molar-refractivity contribution >= 4 is 34.5 Å². The summed E-state index contributed by atoms with van der Waals surface area (Å²) in [5, 5.41) is 3.43. The van der Waals surface area contributed by atoms with E-state index in [2.05, 4.69) is 17.2 Å². The zero-order valence-corrected chi connectivity index (χ0v) is 19.1. The molecule has 0 aliphatic carbocycles. The van der Waals surface area contributed by atoms with E-state index in [9.17, 15) is 14.4 Å². The number of carbonyl (C=O) groups is 2. The van der Waals surface area contributed by atoms with Crippen molar-refractivity contribution in [3.8, 4) is 5.75 Å². The van der Waals surface area contributed by atoms with Gasteiger partial charge in [0.25, 0.3) is 11.5 Å². The first kappa shape index (κ1) is 23.5. The minimum absolute atomic E-state index is 0.0262. The van der Waals surface area contributed by atoms with Crippen LogP contribution in [-0.4, -0.2) is 34.2 Å². The maximum absolute atomic E-state index is 13.0. The van der Waals surface area contributed by atoms with E-state index in [0.717, 1.165) is 37.4 Å². The van der Waals surface area contributed by atoms with Gasteiger partial charge in [-0.05, 0) is 42.8 Å². The number of ether oxygens (including phenoxy) is 1. The number of para-hydroxylation sites is 1. The highest BCUT2D eigenvalue weighted by Crippen LogP contribution is 2.19. The Morgan fingerprint density at radius 1 is 1.06 bits per heavy atom. The first-order valence-corrected chi connectivity index (χ1v) is 11.6. The van der Waals surface area contributed by atoms with Crippen LogP contribution in [0.1, 0.15) is 43.0 Å². The van der Waals surface area contributed by atoms with Gasteiger partial charge in [-0.1, -0.05) is 50.1 Å². The van der Waals surface area contributed by atoms with Crippen LogP contribution in [0.5, 0.6) is 5.75 Å². The molecule has 0 unspecified atom stereocenters. The zero-order valence-electron chi connectivity index (χ0n) is 18.3. The molecule has 0 aliphatic rings. The highest BCUT2D eigenvalue weighted by atomic mass is 32.2. The van der Waals surface area contributed by atoms with Crippen molar-refractivity contribution in [2.24, 2.45) is 0 Å². The highest BCUT2D eigenvalue weighted by molar-refractivity contribution is 7.99. The Bertz CT molecular complexity index is 1140. The van der Waals surface area contributed by atoms with Gasteiger partial charge in [0.1, 0.15) is 5.75 Å². The number of nitrogens with zero attached hydrogens (tertiary/aromatic N) is 2. The van der Waals surface area contributed by atoms with E-state index in [4.69, 9.17) is 4.74 Å². The first-order valence-electron chi connectivity index (χ1n) is 10.6. The highest BCUT2D eigenvalue weighted by Gasteiger charge is 2.15. The van der Waals surface area contributed by atoms with E-state index in [-0.39, 0.29) is 11.3 Å². The number of thioether (sulfide) groups is 1. The van der Waals surface area contributed by atoms with Crippen molar-refractivity contribution in [3.63, 3.8) is 0 Å². The van der Waals surface area contributed by atoms with E-state index in [1.807, 2.05) is 12.1 Å². The predicted molar refractivity (Wildman–Crippen MR) is 126 cm³/mol. The van der Waals surface area contributed by atoms with Crippen molar-refractivity contribution in [1.29, 1.82) is 0 Å². The lowest BCUT2D eigenvalue weighted by Crippen LogP contribution is -2.32. The quantitative estimate of drug-likeness (QED) is 0.283. The fraction of sp³-hybridized carbons (Fsp3) is 0.333. The topological polar surface area (TPSA) is 90.3 Å². The number of carbonyl (C=O) groups excluding carboxylic acids is 2. The lowest BCUT2D eigenvalue weighted by atomic mass is 10.2. The minimum atomic E-state index is -0.485. The average molecular weight is 454 g/mol. The summed E-state index contributed by atoms with van der Waals surface area (Å²) < 4.78 is 6.71. The minimum Gasteiger partial charge on any atom is -0.497 e. The monoisotopic (exact) mass is 453 g/mol. The summed E-state index contributed by atoms with van der Waals surface area (Å²) in [6.45, 7) is 2.68. The number of aromatic nitrogens is 2. The second-order valence-electron chi connectivity index (χ2n) is 7.32. The van der Waals surface area contributed by atoms with Gasteiger partial charge in [-0.15, -0.1) is 0 Å². The summed E-state index contributed by atoms with van der Waals surface area (Å²) in [5.41, 5.74) is 0.852. The normalized spacial score (nSPS) is 10.8. The third-order valence-corrected chi connectivity index (χ3v) is 5.98. The van der Waals surface area contributed by atoms with E-state index < -0.39 is 11.8 Å². The third-order valence-electron chi connectivity index (χ3n) is 5.00. The van der Waals surface area contributed by atoms with Crippen molar-refractivity contribution in [2.75, 3.05) is 12.9 Å². The summed E-state index contributed by atoms with van der Waals surface area (Å²) >= 11 is 1.16. The van der Waals surface area contributed by atoms with Gasteiger partial charge in [0, 0.05) is 12.1 Å². The molecule has 32 heavy (non-hydrogen) atoms. The number of imide groups is 1. The Hall–Kier alpha value is -3.13. The molecule has 3 rings (SSSR count). The van der Waals surface area contributed by atoms with E-state index in [1.165, 1.54) is 0 Å². The van der Waals surface area contributed by atoms with Crippen molar-refractivity contribution in [1.82, 2.24) is 14.9 Å². The molecule has 7 nitrogen and oxygen atoms in total. The summed E-state index contributed by atoms with van der Waals surface area (Å²) in [6, 6.07) is 13.7. The maximum atomic E-state index is 13.0. The maximum Gasteiger partial charge on any atom is 0.262 e. The third kappa shape index (κ3) is 5.97. The van der Waals surface area contributed by atoms with Crippen molar-refractivity contribution in [2.45, 2.75) is 44.3 Å². The van der Waals surface area contributed by atoms with Gasteiger partial charge in [0.2, 0.25) is 5.91 Å². The molecule has 0 saturated heterocycles. The van der Waals surface area contributed by atoms with Crippen LogP contribution in [0.3, 0.4) is 0 Å². The molecule has 0 bridgehead atoms. The summed E-state index contributed by atoms with van der Waals surface area (Å²) in [5.74, 6) is -0.332. The number of fused-ring (bicyclic) bond motifs is 1. The van der Waals surface area contributed by atoms with Gasteiger partial charge in [-0.2, -0.15) is 0 Å². The molecular formula is C24H27N3O4S. The second-order valence-corrected chi connectivity index (χ2v) is 8.27. The number of methoxy groups -OCH3 is 1. The molecule has 8 heteroatoms. The molecule has 1 heterocycles. The van der Waals surface area contributed by atoms with E-state index in [1.54, 1.807) is 48.1 Å². The van der Waals surface area contributed by atoms with Crippen LogP contribution in [0.15, 0.2) is 58.5 Å². The van der Waals surface area contributed by atoms with Crippen LogP contribution in [0.2, 0.25) is 0 Å². The van der Waals surface area contributed by atoms with Gasteiger partial charge >= 0.3 is 0 Å². The Labute approximate surface area is 191 Å². The van der Waals surface area contributed by atoms with E-state index >= 15 is 0 Å². The molecule has 1 aromatic heterocycles. The largest absolute Gasteiger partial charge is 0.497 e. The number of nitrogens with one attached hydrogen (secondary N) is 1. The molecule has 3 aromatic rings. The first-order chi connectivity index (χ1) is 15.5. The van der Waals surface area contributed by atoms with Crippen molar-refractivity contribution in [3.05, 3.63) is 64.4 Å². The number of unbranched alkanes of at least 4 members (excludes halogenated alkanes) is 3. The number of benzene rings is 2. The number of hydrogen-bond donors (Lipinski definition) is 1. The Morgan fingerprint density at radius 2 is 1.81 bits per heavy atom. The molecule has 1 N–H and O–H groups in total. The number of rotatable bonds is 10. The molecule has 168 valence electrons. The SMILES string of the molecule is CCCCCCn1c(SCC(=O)NC(=O)c2ccc(OC)cc2)nc2ccccc2c1=O. The average Bonchev–Trinajstić information content (AvgIpc) is 2.81. The molecule has 0 spiro atoms. The van der Waals surface area contributed by atoms with Crippen LogP contribution in [-0.2, 0) is 11.3 Å². The smallest absolute Gasteiger partial charge is 0.262 e. The fourth-order valence-electron chi connectivity index (χ4n) is 3.26. The lowest BCUT2D eigenvalue weighted by molar-refractivity contribution is -0.117. The molecule has 2 aromatic carbocycles. The molecular weight excluding hydrogens is 426 g/mol. The van der Waals surface area contributed by atoms with E-state index in [0.29, 0.717) is 33.9 Å². The Kier molecular flexibility index (Phi) is 8.44. The van der Waals surface area contributed by atoms with Crippen LogP contribution in [0.4, 0.5) is 0 Å². The lowest BCUT2D eigenvalue weighted by Gasteiger charge is -2.13. The molecule has 0 radical (unpaired) electrons. The molecule has 0 aliphatic heterocycles. The van der Waals surface area contributed by atoms with Gasteiger partial charge in [0.05, 0.1) is 23.8 Å². The van der Waals surface area contributed by atoms with Gasteiger partial charge < -0.3 is 4.74 Å². The second kappa shape index (κ2) is 11.5. The Balaban J connectivity index is 1.71. The van der Waals surface area contributed by atoms with Crippen molar-refractivity contribution < 1.29 is 14.3 Å². The van der Waals surface area contributed by atoms with Gasteiger partial charge in [0.15, 0.2) is 5.16 Å². The molecule has 0 atom stereocenters. The summed E-state index contributed by atoms with van der Waals surface area (Å²) in [7, 11) is 1.54. The zero-order chi connectivity index (χ0) is 22.9. The standard InChI is InChI=1S/C24H27N3O4S/c1-3-4-5-8-15-27-23(30)19-9-6-7-10-20(19)25-24(27)32-16-21(28)26-22(29)17-11-13-18(31-2)14-12-17/h6-7,9-14H,3-5,8,15-16H2,1-2H3,(H,26,28,29). The van der Waals surface area contributed by atoms with Crippen LogP contribution < -0.4 is 15.6 Å². The van der Waals surface area contributed by atoms with Gasteiger partial charge in [-0.25, -0.2) is 4.98 Å². The fourth-order valence-corrected chi connectivity index (χ4v) is 4.08. The van der Waals surface area contributed by atoms with Crippen LogP contribution in [0.25, 0.3) is 10.9 Å². The Morgan fingerprint density at radius 3 is 2.53 bits per heavy atom. The molecule has 0 fully saturated rings. The molecule has 0 saturated carbocycles. The van der Waals surface area contributed by atoms with Crippen LogP contribution >= 0.6 is 11.8 Å². The van der Waals surface area contributed by atoms with Gasteiger partial charge in [-0.3, -0.25) is 24.3 Å².